The Morgan fingerprint density at radius 3 is 1.70 bits per heavy atom. The van der Waals surface area contributed by atoms with Gasteiger partial charge >= 0.3 is 34.5 Å². The fourth-order valence-electron chi connectivity index (χ4n) is 4.40. The van der Waals surface area contributed by atoms with Crippen molar-refractivity contribution in [2.24, 2.45) is 0 Å². The maximum absolute atomic E-state index is 5.22. The van der Waals surface area contributed by atoms with Crippen LogP contribution in [0, 0.1) is 0 Å². The molecule has 148 valence electrons. The van der Waals surface area contributed by atoms with Crippen molar-refractivity contribution < 1.29 is 15.1 Å². The number of hydrogen-bond donors (Lipinski definition) is 4. The molecule has 0 spiro atoms. The zero-order valence-electron chi connectivity index (χ0n) is 16.1. The van der Waals surface area contributed by atoms with E-state index in [4.69, 9.17) is 24.4 Å². The van der Waals surface area contributed by atoms with Gasteiger partial charge in [0.25, 0.3) is 0 Å². The van der Waals surface area contributed by atoms with Gasteiger partial charge in [0.15, 0.2) is 0 Å². The van der Waals surface area contributed by atoms with Gasteiger partial charge < -0.3 is 21.3 Å². The topological polar surface area (TPSA) is 61.0 Å². The molecule has 0 saturated heterocycles. The summed E-state index contributed by atoms with van der Waals surface area (Å²) in [5, 5.41) is 14.5. The summed E-state index contributed by atoms with van der Waals surface area (Å²) in [5.74, 6) is 0. The smallest absolute Gasteiger partial charge is 0.0609 e. The molecule has 0 amide bonds. The Balaban J connectivity index is 0.000000659. The molecule has 0 saturated carbocycles. The third kappa shape index (κ3) is 6.34. The average molecular weight is 466 g/mol. The second kappa shape index (κ2) is 12.0. The third-order valence-corrected chi connectivity index (χ3v) is 5.65. The minimum Gasteiger partial charge on any atom is -0.314 e. The van der Waals surface area contributed by atoms with Crippen molar-refractivity contribution >= 4 is 19.4 Å². The van der Waals surface area contributed by atoms with E-state index in [1.165, 1.54) is 61.0 Å². The molecule has 2 aliphatic carbocycles. The summed E-state index contributed by atoms with van der Waals surface area (Å²) in [6.07, 6.45) is 7.41. The van der Waals surface area contributed by atoms with Gasteiger partial charge in [0, 0.05) is 51.4 Å². The molecule has 1 aromatic heterocycles. The minimum absolute atomic E-state index is 0.437. The van der Waals surface area contributed by atoms with E-state index in [2.05, 4.69) is 27.3 Å². The van der Waals surface area contributed by atoms with Gasteiger partial charge in [-0.25, -0.2) is 0 Å². The standard InChI is InChI=1S/C19H31N5.2ClH.Zn/c1-3-14-13-15-4-2-6-17-19(15)24-18(14)16(5-1)22-11-9-20-7-8-21-10-12-23-17;;;/h13,16-17,20-23H,1-12H2;2*1H;/q;;;+2/p-2/t16-,17-;;;/m0.../s1. The SMILES string of the molecule is [Cl][Zn][Cl].c1c2c3nc4c1CCC[C@@H]4NCCNCCNCCN[C@H]3CCC2. The van der Waals surface area contributed by atoms with Crippen molar-refractivity contribution in [3.05, 3.63) is 28.6 Å². The summed E-state index contributed by atoms with van der Waals surface area (Å²) >= 11 is -0.931. The van der Waals surface area contributed by atoms with Gasteiger partial charge in [-0.15, -0.1) is 0 Å². The number of halogens is 2. The number of nitrogens with one attached hydrogen (secondary N) is 4. The van der Waals surface area contributed by atoms with E-state index < -0.39 is 15.1 Å². The molecule has 3 aliphatic rings. The van der Waals surface area contributed by atoms with E-state index >= 15 is 0 Å². The van der Waals surface area contributed by atoms with Crippen LogP contribution >= 0.6 is 19.4 Å². The van der Waals surface area contributed by atoms with Crippen LogP contribution in [-0.4, -0.2) is 44.3 Å². The molecular weight excluding hydrogens is 435 g/mol. The van der Waals surface area contributed by atoms with Crippen molar-refractivity contribution in [2.45, 2.75) is 50.6 Å². The number of hydrogen-bond acceptors (Lipinski definition) is 5. The van der Waals surface area contributed by atoms with Crippen molar-refractivity contribution in [3.63, 3.8) is 0 Å². The average Bonchev–Trinajstić information content (AvgIpc) is 2.69. The Morgan fingerprint density at radius 1 is 0.778 bits per heavy atom. The fraction of sp³-hybridized carbons (Fsp3) is 0.737. The van der Waals surface area contributed by atoms with Crippen molar-refractivity contribution in [1.29, 1.82) is 0 Å². The molecule has 2 heterocycles. The monoisotopic (exact) mass is 463 g/mol. The summed E-state index contributed by atoms with van der Waals surface area (Å²) in [4.78, 5) is 5.22. The van der Waals surface area contributed by atoms with Gasteiger partial charge in [0.05, 0.1) is 11.4 Å². The van der Waals surface area contributed by atoms with Crippen LogP contribution in [0.15, 0.2) is 6.07 Å². The van der Waals surface area contributed by atoms with Crippen molar-refractivity contribution in [3.8, 4) is 0 Å². The second-order valence-electron chi connectivity index (χ2n) is 7.48. The van der Waals surface area contributed by atoms with Gasteiger partial charge in [-0.1, -0.05) is 6.07 Å². The van der Waals surface area contributed by atoms with Crippen LogP contribution in [0.2, 0.25) is 0 Å². The van der Waals surface area contributed by atoms with Crippen LogP contribution in [0.1, 0.15) is 60.3 Å². The maximum atomic E-state index is 5.22. The first kappa shape index (κ1) is 21.9. The number of aryl methyl sites for hydroxylation is 2. The molecule has 1 aliphatic heterocycles. The van der Waals surface area contributed by atoms with Crippen LogP contribution in [-0.2, 0) is 28.0 Å². The van der Waals surface area contributed by atoms with Gasteiger partial charge in [0.1, 0.15) is 0 Å². The van der Waals surface area contributed by atoms with Gasteiger partial charge in [-0.05, 0) is 49.7 Å². The Morgan fingerprint density at radius 2 is 1.22 bits per heavy atom. The van der Waals surface area contributed by atoms with E-state index in [-0.39, 0.29) is 0 Å². The molecule has 27 heavy (non-hydrogen) atoms. The summed E-state index contributed by atoms with van der Waals surface area (Å²) < 4.78 is 0. The molecule has 4 rings (SSSR count). The number of pyridine rings is 1. The molecule has 0 unspecified atom stereocenters. The largest absolute Gasteiger partial charge is 0.314 e. The summed E-state index contributed by atoms with van der Waals surface area (Å²) in [7, 11) is 9.90. The molecule has 0 fully saturated rings. The van der Waals surface area contributed by atoms with E-state index in [9.17, 15) is 0 Å². The molecule has 2 bridgehead atoms. The summed E-state index contributed by atoms with van der Waals surface area (Å²) in [5.41, 5.74) is 5.66. The predicted molar refractivity (Wildman–Crippen MR) is 109 cm³/mol. The van der Waals surface area contributed by atoms with Crippen LogP contribution in [0.3, 0.4) is 0 Å². The first-order valence-electron chi connectivity index (χ1n) is 10.4. The molecule has 1 aromatic rings. The summed E-state index contributed by atoms with van der Waals surface area (Å²) in [6.45, 7) is 6.17. The number of nitrogens with zero attached hydrogens (tertiary/aromatic N) is 1. The predicted octanol–water partition coefficient (Wildman–Crippen LogP) is 2.58. The third-order valence-electron chi connectivity index (χ3n) is 5.65. The molecule has 8 heteroatoms. The normalized spacial score (nSPS) is 25.9. The Labute approximate surface area is 178 Å². The first-order chi connectivity index (χ1) is 13.3. The molecule has 2 atom stereocenters. The first-order valence-corrected chi connectivity index (χ1v) is 18.2. The summed E-state index contributed by atoms with van der Waals surface area (Å²) in [6, 6.07) is 3.35. The Hall–Kier alpha value is 0.193. The van der Waals surface area contributed by atoms with Gasteiger partial charge in [-0.2, -0.15) is 0 Å². The molecule has 0 aromatic carbocycles. The van der Waals surface area contributed by atoms with E-state index in [1.54, 1.807) is 0 Å². The minimum atomic E-state index is -0.931. The van der Waals surface area contributed by atoms with Gasteiger partial charge in [-0.3, -0.25) is 4.98 Å². The fourth-order valence-corrected chi connectivity index (χ4v) is 4.40. The maximum Gasteiger partial charge on any atom is 0.0609 e. The van der Waals surface area contributed by atoms with Crippen LogP contribution in [0.4, 0.5) is 0 Å². The van der Waals surface area contributed by atoms with E-state index in [1.807, 2.05) is 0 Å². The van der Waals surface area contributed by atoms with Crippen LogP contribution < -0.4 is 21.3 Å². The van der Waals surface area contributed by atoms with E-state index in [0.717, 1.165) is 39.3 Å². The number of aromatic nitrogens is 1. The zero-order chi connectivity index (χ0) is 18.9. The molecular formula is C19H31Cl2N5Zn. The zero-order valence-corrected chi connectivity index (χ0v) is 20.6. The molecule has 0 radical (unpaired) electrons. The van der Waals surface area contributed by atoms with Crippen LogP contribution in [0.25, 0.3) is 0 Å². The van der Waals surface area contributed by atoms with Crippen LogP contribution in [0.5, 0.6) is 0 Å². The van der Waals surface area contributed by atoms with Gasteiger partial charge in [0.2, 0.25) is 0 Å². The van der Waals surface area contributed by atoms with Crippen molar-refractivity contribution in [2.75, 3.05) is 39.3 Å². The quantitative estimate of drug-likeness (QED) is 0.444. The molecule has 4 N–H and O–H groups in total. The Kier molecular flexibility index (Phi) is 9.74. The Bertz CT molecular complexity index is 544. The van der Waals surface area contributed by atoms with Crippen molar-refractivity contribution in [1.82, 2.24) is 26.3 Å². The second-order valence-corrected chi connectivity index (χ2v) is 12.1. The molecule has 5 nitrogen and oxygen atoms in total. The number of rotatable bonds is 0. The van der Waals surface area contributed by atoms with E-state index in [0.29, 0.717) is 12.1 Å².